The molecule has 0 spiro atoms. The predicted molar refractivity (Wildman–Crippen MR) is 63.0 cm³/mol. The second-order valence-corrected chi connectivity index (χ2v) is 5.58. The molecule has 2 saturated carbocycles. The highest BCUT2D eigenvalue weighted by molar-refractivity contribution is 5.10. The first-order valence-corrected chi connectivity index (χ1v) is 6.37. The Morgan fingerprint density at radius 1 is 1.25 bits per heavy atom. The Kier molecular flexibility index (Phi) is 2.47. The Morgan fingerprint density at radius 2 is 2.00 bits per heavy atom. The Balaban J connectivity index is 1.71. The quantitative estimate of drug-likeness (QED) is 0.826. The summed E-state index contributed by atoms with van der Waals surface area (Å²) in [5.74, 6) is 1.57. The lowest BCUT2D eigenvalue weighted by molar-refractivity contribution is 0.0382. The topological polar surface area (TPSA) is 33.1 Å². The number of hydrogen-bond donors (Lipinski definition) is 1. The van der Waals surface area contributed by atoms with Crippen LogP contribution in [-0.4, -0.2) is 15.7 Å². The molecule has 2 fully saturated rings. The standard InChI is InChI=1S/C14H19NO/c16-14(10-13-6-1-2-7-15-13)8-11-4-3-5-12(11)9-14/h1-2,6-7,11-12,16H,3-5,8-10H2/t11-,12+,14?. The van der Waals surface area contributed by atoms with Gasteiger partial charge in [-0.1, -0.05) is 25.3 Å². The highest BCUT2D eigenvalue weighted by Crippen LogP contribution is 2.49. The molecule has 1 aromatic heterocycles. The van der Waals surface area contributed by atoms with Crippen molar-refractivity contribution < 1.29 is 5.11 Å². The summed E-state index contributed by atoms with van der Waals surface area (Å²) in [6.07, 6.45) is 8.57. The number of rotatable bonds is 2. The van der Waals surface area contributed by atoms with Crippen molar-refractivity contribution in [3.05, 3.63) is 30.1 Å². The third kappa shape index (κ3) is 1.86. The normalized spacial score (nSPS) is 37.6. The van der Waals surface area contributed by atoms with Gasteiger partial charge < -0.3 is 5.11 Å². The molecule has 1 unspecified atom stereocenters. The third-order valence-electron chi connectivity index (χ3n) is 4.34. The lowest BCUT2D eigenvalue weighted by Crippen LogP contribution is -2.29. The molecule has 2 heteroatoms. The number of aliphatic hydroxyl groups is 1. The van der Waals surface area contributed by atoms with E-state index in [0.29, 0.717) is 0 Å². The van der Waals surface area contributed by atoms with Crippen LogP contribution in [0.15, 0.2) is 24.4 Å². The minimum Gasteiger partial charge on any atom is -0.389 e. The van der Waals surface area contributed by atoms with Gasteiger partial charge in [-0.25, -0.2) is 0 Å². The van der Waals surface area contributed by atoms with Gasteiger partial charge >= 0.3 is 0 Å². The molecular formula is C14H19NO. The lowest BCUT2D eigenvalue weighted by atomic mass is 9.92. The summed E-state index contributed by atoms with van der Waals surface area (Å²) in [5.41, 5.74) is 0.564. The molecule has 1 heterocycles. The molecule has 0 amide bonds. The summed E-state index contributed by atoms with van der Waals surface area (Å²) < 4.78 is 0. The Hall–Kier alpha value is -0.890. The van der Waals surface area contributed by atoms with Gasteiger partial charge in [0, 0.05) is 18.3 Å². The van der Waals surface area contributed by atoms with Gasteiger partial charge in [-0.2, -0.15) is 0 Å². The molecule has 2 aliphatic carbocycles. The van der Waals surface area contributed by atoms with Crippen LogP contribution in [0.5, 0.6) is 0 Å². The molecule has 2 nitrogen and oxygen atoms in total. The van der Waals surface area contributed by atoms with Gasteiger partial charge in [0.05, 0.1) is 5.60 Å². The van der Waals surface area contributed by atoms with E-state index < -0.39 is 5.60 Å². The number of nitrogens with zero attached hydrogens (tertiary/aromatic N) is 1. The fourth-order valence-corrected chi connectivity index (χ4v) is 3.69. The van der Waals surface area contributed by atoms with E-state index in [1.165, 1.54) is 19.3 Å². The van der Waals surface area contributed by atoms with E-state index in [4.69, 9.17) is 0 Å². The van der Waals surface area contributed by atoms with Crippen molar-refractivity contribution in [2.24, 2.45) is 11.8 Å². The van der Waals surface area contributed by atoms with E-state index in [2.05, 4.69) is 4.98 Å². The highest BCUT2D eigenvalue weighted by atomic mass is 16.3. The van der Waals surface area contributed by atoms with Crippen molar-refractivity contribution in [2.45, 2.75) is 44.1 Å². The van der Waals surface area contributed by atoms with E-state index in [0.717, 1.165) is 36.8 Å². The summed E-state index contributed by atoms with van der Waals surface area (Å²) in [6, 6.07) is 5.95. The summed E-state index contributed by atoms with van der Waals surface area (Å²) in [6.45, 7) is 0. The van der Waals surface area contributed by atoms with Crippen LogP contribution in [0.3, 0.4) is 0 Å². The van der Waals surface area contributed by atoms with Crippen LogP contribution in [0.4, 0.5) is 0 Å². The van der Waals surface area contributed by atoms with Crippen molar-refractivity contribution >= 4 is 0 Å². The predicted octanol–water partition coefficient (Wildman–Crippen LogP) is 2.57. The first-order chi connectivity index (χ1) is 7.75. The monoisotopic (exact) mass is 217 g/mol. The zero-order chi connectivity index (χ0) is 11.0. The molecule has 0 saturated heterocycles. The number of aromatic nitrogens is 1. The fourth-order valence-electron chi connectivity index (χ4n) is 3.69. The van der Waals surface area contributed by atoms with Crippen molar-refractivity contribution in [1.29, 1.82) is 0 Å². The Bertz CT molecular complexity index is 350. The number of hydrogen-bond acceptors (Lipinski definition) is 2. The molecule has 3 atom stereocenters. The smallest absolute Gasteiger partial charge is 0.0708 e. The van der Waals surface area contributed by atoms with Crippen molar-refractivity contribution in [3.8, 4) is 0 Å². The van der Waals surface area contributed by atoms with Gasteiger partial charge in [-0.3, -0.25) is 4.98 Å². The molecule has 86 valence electrons. The molecule has 3 rings (SSSR count). The molecule has 0 radical (unpaired) electrons. The molecular weight excluding hydrogens is 198 g/mol. The zero-order valence-electron chi connectivity index (χ0n) is 9.60. The average Bonchev–Trinajstić information content (AvgIpc) is 2.77. The summed E-state index contributed by atoms with van der Waals surface area (Å²) in [7, 11) is 0. The van der Waals surface area contributed by atoms with Gasteiger partial charge in [0.25, 0.3) is 0 Å². The number of pyridine rings is 1. The van der Waals surface area contributed by atoms with Gasteiger partial charge in [-0.15, -0.1) is 0 Å². The van der Waals surface area contributed by atoms with Crippen LogP contribution < -0.4 is 0 Å². The molecule has 1 N–H and O–H groups in total. The first kappa shape index (κ1) is 10.3. The van der Waals surface area contributed by atoms with E-state index in [1.807, 2.05) is 24.4 Å². The SMILES string of the molecule is OC1(Cc2ccccn2)C[C@H]2CCC[C@H]2C1. The maximum Gasteiger partial charge on any atom is 0.0708 e. The Morgan fingerprint density at radius 3 is 2.62 bits per heavy atom. The third-order valence-corrected chi connectivity index (χ3v) is 4.34. The van der Waals surface area contributed by atoms with Crippen molar-refractivity contribution in [2.75, 3.05) is 0 Å². The summed E-state index contributed by atoms with van der Waals surface area (Å²) >= 11 is 0. The largest absolute Gasteiger partial charge is 0.389 e. The van der Waals surface area contributed by atoms with E-state index in [9.17, 15) is 5.11 Å². The molecule has 16 heavy (non-hydrogen) atoms. The Labute approximate surface area is 96.7 Å². The fraction of sp³-hybridized carbons (Fsp3) is 0.643. The second kappa shape index (κ2) is 3.85. The minimum atomic E-state index is -0.468. The maximum absolute atomic E-state index is 10.6. The molecule has 2 aliphatic rings. The first-order valence-electron chi connectivity index (χ1n) is 6.37. The van der Waals surface area contributed by atoms with Gasteiger partial charge in [0.2, 0.25) is 0 Å². The van der Waals surface area contributed by atoms with Crippen LogP contribution >= 0.6 is 0 Å². The van der Waals surface area contributed by atoms with Gasteiger partial charge in [0.1, 0.15) is 0 Å². The van der Waals surface area contributed by atoms with Crippen LogP contribution in [0.25, 0.3) is 0 Å². The molecule has 0 bridgehead atoms. The summed E-state index contributed by atoms with van der Waals surface area (Å²) in [4.78, 5) is 4.32. The van der Waals surface area contributed by atoms with Crippen molar-refractivity contribution in [3.63, 3.8) is 0 Å². The lowest BCUT2D eigenvalue weighted by Gasteiger charge is -2.23. The van der Waals surface area contributed by atoms with E-state index in [-0.39, 0.29) is 0 Å². The zero-order valence-corrected chi connectivity index (χ0v) is 9.60. The van der Waals surface area contributed by atoms with Crippen LogP contribution in [0, 0.1) is 11.8 Å². The average molecular weight is 217 g/mol. The maximum atomic E-state index is 10.6. The molecule has 0 aliphatic heterocycles. The minimum absolute atomic E-state index is 0.468. The van der Waals surface area contributed by atoms with Crippen LogP contribution in [0.2, 0.25) is 0 Å². The van der Waals surface area contributed by atoms with Gasteiger partial charge in [0.15, 0.2) is 0 Å². The highest BCUT2D eigenvalue weighted by Gasteiger charge is 2.45. The number of fused-ring (bicyclic) bond motifs is 1. The van der Waals surface area contributed by atoms with Crippen LogP contribution in [0.1, 0.15) is 37.8 Å². The summed E-state index contributed by atoms with van der Waals surface area (Å²) in [5, 5.41) is 10.6. The van der Waals surface area contributed by atoms with Crippen LogP contribution in [-0.2, 0) is 6.42 Å². The second-order valence-electron chi connectivity index (χ2n) is 5.58. The van der Waals surface area contributed by atoms with E-state index >= 15 is 0 Å². The van der Waals surface area contributed by atoms with Gasteiger partial charge in [-0.05, 0) is 36.8 Å². The van der Waals surface area contributed by atoms with E-state index in [1.54, 1.807) is 0 Å². The molecule has 0 aromatic carbocycles. The molecule has 1 aromatic rings. The van der Waals surface area contributed by atoms with Crippen molar-refractivity contribution in [1.82, 2.24) is 4.98 Å².